The lowest BCUT2D eigenvalue weighted by Gasteiger charge is -2.26. The quantitative estimate of drug-likeness (QED) is 0.495. The van der Waals surface area contributed by atoms with Crippen molar-refractivity contribution in [1.82, 2.24) is 15.5 Å². The van der Waals surface area contributed by atoms with Gasteiger partial charge in [-0.05, 0) is 49.5 Å². The van der Waals surface area contributed by atoms with Crippen LogP contribution in [-0.2, 0) is 4.79 Å². The van der Waals surface area contributed by atoms with Gasteiger partial charge in [-0.2, -0.15) is 0 Å². The van der Waals surface area contributed by atoms with E-state index >= 15 is 0 Å². The Balaban J connectivity index is 1.69. The predicted molar refractivity (Wildman–Crippen MR) is 130 cm³/mol. The molecule has 0 aliphatic rings. The fourth-order valence-electron chi connectivity index (χ4n) is 3.68. The smallest absolute Gasteiger partial charge is 0.251 e. The third-order valence-electron chi connectivity index (χ3n) is 5.53. The summed E-state index contributed by atoms with van der Waals surface area (Å²) in [5.74, 6) is 0.435. The lowest BCUT2D eigenvalue weighted by molar-refractivity contribution is -0.121. The Bertz CT molecular complexity index is 1040. The van der Waals surface area contributed by atoms with Crippen molar-refractivity contribution in [1.29, 1.82) is 0 Å². The molecular weight excluding hydrogens is 414 g/mol. The van der Waals surface area contributed by atoms with Crippen LogP contribution in [0.5, 0.6) is 5.75 Å². The van der Waals surface area contributed by atoms with Crippen molar-refractivity contribution in [2.75, 3.05) is 27.7 Å². The van der Waals surface area contributed by atoms with Crippen molar-refractivity contribution < 1.29 is 14.3 Å². The summed E-state index contributed by atoms with van der Waals surface area (Å²) < 4.78 is 5.34. The number of ether oxygens (including phenoxy) is 1. The third-order valence-corrected chi connectivity index (χ3v) is 5.53. The standard InChI is InChI=1S/C27H31N3O3/c1-30(2)25(22-15-10-16-23(17-22)33-3)19-28-26(31)18-24(20-11-6-4-7-12-20)29-27(32)21-13-8-5-9-14-21/h4-17,24-25H,18-19H2,1-3H3,(H,28,31)(H,29,32). The molecule has 2 amide bonds. The molecule has 33 heavy (non-hydrogen) atoms. The first-order valence-electron chi connectivity index (χ1n) is 11.0. The molecular formula is C27H31N3O3. The molecule has 0 aromatic heterocycles. The van der Waals surface area contributed by atoms with Crippen LogP contribution in [-0.4, -0.2) is 44.5 Å². The van der Waals surface area contributed by atoms with Crippen LogP contribution in [0.3, 0.4) is 0 Å². The molecule has 2 unspecified atom stereocenters. The van der Waals surface area contributed by atoms with Gasteiger partial charge in [-0.15, -0.1) is 0 Å². The van der Waals surface area contributed by atoms with Crippen LogP contribution < -0.4 is 15.4 Å². The van der Waals surface area contributed by atoms with Crippen molar-refractivity contribution in [2.45, 2.75) is 18.5 Å². The first kappa shape index (κ1) is 24.0. The van der Waals surface area contributed by atoms with Crippen LogP contribution in [0.25, 0.3) is 0 Å². The number of methoxy groups -OCH3 is 1. The number of carbonyl (C=O) groups is 2. The van der Waals surface area contributed by atoms with Gasteiger partial charge in [0.05, 0.1) is 25.6 Å². The van der Waals surface area contributed by atoms with Gasteiger partial charge in [0.1, 0.15) is 5.75 Å². The first-order valence-corrected chi connectivity index (χ1v) is 11.0. The summed E-state index contributed by atoms with van der Waals surface area (Å²) in [5, 5.41) is 6.05. The number of amides is 2. The predicted octanol–water partition coefficient (Wildman–Crippen LogP) is 3.98. The molecule has 2 N–H and O–H groups in total. The number of benzene rings is 3. The van der Waals surface area contributed by atoms with Crippen LogP contribution in [0.4, 0.5) is 0 Å². The number of hydrogen-bond acceptors (Lipinski definition) is 4. The summed E-state index contributed by atoms with van der Waals surface area (Å²) in [7, 11) is 5.59. The molecule has 0 aliphatic heterocycles. The molecule has 0 spiro atoms. The zero-order chi connectivity index (χ0) is 23.6. The average molecular weight is 446 g/mol. The second kappa shape index (κ2) is 11.8. The van der Waals surface area contributed by atoms with Gasteiger partial charge >= 0.3 is 0 Å². The van der Waals surface area contributed by atoms with E-state index in [1.165, 1.54) is 0 Å². The van der Waals surface area contributed by atoms with E-state index in [-0.39, 0.29) is 24.3 Å². The molecule has 0 saturated carbocycles. The third kappa shape index (κ3) is 6.92. The second-order valence-corrected chi connectivity index (χ2v) is 8.07. The molecule has 6 heteroatoms. The molecule has 0 bridgehead atoms. The number of nitrogens with one attached hydrogen (secondary N) is 2. The molecule has 3 aromatic rings. The van der Waals surface area contributed by atoms with E-state index in [0.717, 1.165) is 16.9 Å². The van der Waals surface area contributed by atoms with E-state index < -0.39 is 6.04 Å². The molecule has 3 aromatic carbocycles. The van der Waals surface area contributed by atoms with Crippen molar-refractivity contribution in [3.63, 3.8) is 0 Å². The lowest BCUT2D eigenvalue weighted by atomic mass is 10.0. The summed E-state index contributed by atoms with van der Waals surface area (Å²) in [5.41, 5.74) is 2.50. The number of hydrogen-bond donors (Lipinski definition) is 2. The molecule has 0 saturated heterocycles. The molecule has 0 radical (unpaired) electrons. The average Bonchev–Trinajstić information content (AvgIpc) is 2.84. The number of nitrogens with zero attached hydrogens (tertiary/aromatic N) is 1. The fraction of sp³-hybridized carbons (Fsp3) is 0.259. The Morgan fingerprint density at radius 2 is 1.52 bits per heavy atom. The molecule has 6 nitrogen and oxygen atoms in total. The minimum atomic E-state index is -0.437. The van der Waals surface area contributed by atoms with Gasteiger partial charge in [-0.3, -0.25) is 9.59 Å². The summed E-state index contributed by atoms with van der Waals surface area (Å²) in [6.07, 6.45) is 0.140. The molecule has 172 valence electrons. The Morgan fingerprint density at radius 3 is 2.15 bits per heavy atom. The maximum atomic E-state index is 12.9. The summed E-state index contributed by atoms with van der Waals surface area (Å²) >= 11 is 0. The van der Waals surface area contributed by atoms with Gasteiger partial charge in [0.2, 0.25) is 5.91 Å². The maximum absolute atomic E-state index is 12.9. The van der Waals surface area contributed by atoms with Crippen molar-refractivity contribution in [3.05, 3.63) is 102 Å². The van der Waals surface area contributed by atoms with Gasteiger partial charge in [-0.1, -0.05) is 60.7 Å². The number of carbonyl (C=O) groups excluding carboxylic acids is 2. The van der Waals surface area contributed by atoms with Crippen molar-refractivity contribution in [2.24, 2.45) is 0 Å². The van der Waals surface area contributed by atoms with Crippen LogP contribution in [0.2, 0.25) is 0 Å². The Kier molecular flexibility index (Phi) is 8.61. The van der Waals surface area contributed by atoms with Crippen molar-refractivity contribution in [3.8, 4) is 5.75 Å². The SMILES string of the molecule is COc1cccc(C(CNC(=O)CC(NC(=O)c2ccccc2)c2ccccc2)N(C)C)c1. The van der Waals surface area contributed by atoms with E-state index in [9.17, 15) is 9.59 Å². The van der Waals surface area contributed by atoms with Gasteiger partial charge in [-0.25, -0.2) is 0 Å². The van der Waals surface area contributed by atoms with Gasteiger partial charge < -0.3 is 20.3 Å². The Morgan fingerprint density at radius 1 is 0.879 bits per heavy atom. The van der Waals surface area contributed by atoms with Crippen LogP contribution in [0.1, 0.15) is 40.0 Å². The van der Waals surface area contributed by atoms with Crippen LogP contribution in [0, 0.1) is 0 Å². The maximum Gasteiger partial charge on any atom is 0.251 e. The lowest BCUT2D eigenvalue weighted by Crippen LogP contribution is -2.37. The topological polar surface area (TPSA) is 70.7 Å². The minimum absolute atomic E-state index is 0.0156. The van der Waals surface area contributed by atoms with Crippen LogP contribution >= 0.6 is 0 Å². The summed E-state index contributed by atoms with van der Waals surface area (Å²) in [4.78, 5) is 27.7. The highest BCUT2D eigenvalue weighted by Gasteiger charge is 2.21. The van der Waals surface area contributed by atoms with E-state index in [4.69, 9.17) is 4.74 Å². The van der Waals surface area contributed by atoms with E-state index in [2.05, 4.69) is 15.5 Å². The normalized spacial score (nSPS) is 12.6. The van der Waals surface area contributed by atoms with E-state index in [1.807, 2.05) is 86.9 Å². The molecule has 0 heterocycles. The van der Waals surface area contributed by atoms with Crippen LogP contribution in [0.15, 0.2) is 84.9 Å². The monoisotopic (exact) mass is 445 g/mol. The summed E-state index contributed by atoms with van der Waals surface area (Å²) in [6.45, 7) is 0.438. The largest absolute Gasteiger partial charge is 0.497 e. The van der Waals surface area contributed by atoms with Gasteiger partial charge in [0, 0.05) is 12.1 Å². The highest BCUT2D eigenvalue weighted by molar-refractivity contribution is 5.94. The molecule has 0 aliphatic carbocycles. The van der Waals surface area contributed by atoms with E-state index in [0.29, 0.717) is 12.1 Å². The first-order chi connectivity index (χ1) is 16.0. The van der Waals surface area contributed by atoms with Gasteiger partial charge in [0.15, 0.2) is 0 Å². The van der Waals surface area contributed by atoms with Crippen molar-refractivity contribution >= 4 is 11.8 Å². The highest BCUT2D eigenvalue weighted by Crippen LogP contribution is 2.23. The zero-order valence-corrected chi connectivity index (χ0v) is 19.3. The molecule has 3 rings (SSSR count). The molecule has 0 fully saturated rings. The number of likely N-dealkylation sites (N-methyl/N-ethyl adjacent to an activating group) is 1. The highest BCUT2D eigenvalue weighted by atomic mass is 16.5. The molecule has 2 atom stereocenters. The second-order valence-electron chi connectivity index (χ2n) is 8.07. The number of rotatable bonds is 10. The minimum Gasteiger partial charge on any atom is -0.497 e. The van der Waals surface area contributed by atoms with Gasteiger partial charge in [0.25, 0.3) is 5.91 Å². The summed E-state index contributed by atoms with van der Waals surface area (Å²) in [6, 6.07) is 26.0. The Labute approximate surface area is 195 Å². The zero-order valence-electron chi connectivity index (χ0n) is 19.3. The van der Waals surface area contributed by atoms with E-state index in [1.54, 1.807) is 19.2 Å². The fourth-order valence-corrected chi connectivity index (χ4v) is 3.68. The Hall–Kier alpha value is -3.64.